The Morgan fingerprint density at radius 1 is 0.951 bits per heavy atom. The molecule has 7 nitrogen and oxygen atoms in total. The van der Waals surface area contributed by atoms with Gasteiger partial charge in [0.05, 0.1) is 17.0 Å². The van der Waals surface area contributed by atoms with Crippen LogP contribution in [0.1, 0.15) is 22.3 Å². The number of hydrogen-bond donors (Lipinski definition) is 0. The zero-order chi connectivity index (χ0) is 28.5. The SMILES string of the molecule is Cc1cccn2c(=O)c(/C=C3/SC(=S)N(Cc4ccccc4Cl)C3=O)c(N3CCN(Cc4ccccc4)CC3)nc12. The number of rotatable bonds is 6. The summed E-state index contributed by atoms with van der Waals surface area (Å²) < 4.78 is 1.99. The molecule has 208 valence electrons. The van der Waals surface area contributed by atoms with Crippen LogP contribution in [0, 0.1) is 6.92 Å². The normalized spacial score (nSPS) is 17.3. The molecule has 4 heterocycles. The minimum atomic E-state index is -0.243. The van der Waals surface area contributed by atoms with E-state index in [0.29, 0.717) is 31.3 Å². The molecular weight excluding hydrogens is 574 g/mol. The molecule has 0 N–H and O–H groups in total. The number of amides is 1. The fraction of sp³-hybridized carbons (Fsp3) is 0.226. The summed E-state index contributed by atoms with van der Waals surface area (Å²) in [6.45, 7) is 6.20. The van der Waals surface area contributed by atoms with Crippen molar-refractivity contribution < 1.29 is 4.79 Å². The molecule has 6 rings (SSSR count). The molecule has 10 heteroatoms. The number of hydrogen-bond acceptors (Lipinski definition) is 7. The van der Waals surface area contributed by atoms with Gasteiger partial charge in [0.1, 0.15) is 15.8 Å². The Morgan fingerprint density at radius 3 is 2.44 bits per heavy atom. The van der Waals surface area contributed by atoms with E-state index in [9.17, 15) is 9.59 Å². The fourth-order valence-electron chi connectivity index (χ4n) is 5.19. The second-order valence-corrected chi connectivity index (χ2v) is 12.2. The highest BCUT2D eigenvalue weighted by Crippen LogP contribution is 2.35. The third-order valence-electron chi connectivity index (χ3n) is 7.42. The quantitative estimate of drug-likeness (QED) is 0.217. The first-order valence-corrected chi connectivity index (χ1v) is 15.0. The first-order chi connectivity index (χ1) is 19.9. The van der Waals surface area contributed by atoms with Crippen LogP contribution >= 0.6 is 35.6 Å². The maximum Gasteiger partial charge on any atom is 0.267 e. The Morgan fingerprint density at radius 2 is 1.68 bits per heavy atom. The second kappa shape index (κ2) is 11.8. The van der Waals surface area contributed by atoms with Crippen molar-refractivity contribution in [2.24, 2.45) is 0 Å². The molecule has 2 saturated heterocycles. The number of aromatic nitrogens is 2. The molecule has 0 bridgehead atoms. The van der Waals surface area contributed by atoms with Crippen LogP contribution in [0.3, 0.4) is 0 Å². The lowest BCUT2D eigenvalue weighted by Crippen LogP contribution is -2.47. The predicted octanol–water partition coefficient (Wildman–Crippen LogP) is 5.38. The number of fused-ring (bicyclic) bond motifs is 1. The lowest BCUT2D eigenvalue weighted by molar-refractivity contribution is -0.122. The lowest BCUT2D eigenvalue weighted by Gasteiger charge is -2.36. The van der Waals surface area contributed by atoms with E-state index >= 15 is 0 Å². The van der Waals surface area contributed by atoms with Crippen molar-refractivity contribution in [2.45, 2.75) is 20.0 Å². The predicted molar refractivity (Wildman–Crippen MR) is 170 cm³/mol. The number of piperazine rings is 1. The largest absolute Gasteiger partial charge is 0.353 e. The van der Waals surface area contributed by atoms with Gasteiger partial charge >= 0.3 is 0 Å². The highest BCUT2D eigenvalue weighted by Gasteiger charge is 2.33. The Hall–Kier alpha value is -3.50. The molecule has 4 aromatic rings. The number of aryl methyl sites for hydroxylation is 1. The summed E-state index contributed by atoms with van der Waals surface area (Å²) in [5, 5.41) is 0.576. The van der Waals surface area contributed by atoms with Gasteiger partial charge in [-0.3, -0.25) is 23.8 Å². The topological polar surface area (TPSA) is 61.2 Å². The van der Waals surface area contributed by atoms with Gasteiger partial charge in [-0.2, -0.15) is 0 Å². The van der Waals surface area contributed by atoms with Crippen molar-refractivity contribution >= 4 is 63.3 Å². The number of pyridine rings is 1. The molecular formula is C31H28ClN5O2S2. The molecule has 2 aromatic carbocycles. The third-order valence-corrected chi connectivity index (χ3v) is 9.17. The Kier molecular flexibility index (Phi) is 7.94. The van der Waals surface area contributed by atoms with Crippen molar-refractivity contribution in [2.75, 3.05) is 31.1 Å². The van der Waals surface area contributed by atoms with E-state index in [-0.39, 0.29) is 18.0 Å². The number of anilines is 1. The highest BCUT2D eigenvalue weighted by atomic mass is 35.5. The number of thiocarbonyl (C=S) groups is 1. The lowest BCUT2D eigenvalue weighted by atomic mass is 10.1. The maximum absolute atomic E-state index is 13.9. The van der Waals surface area contributed by atoms with Crippen LogP contribution in [0.5, 0.6) is 0 Å². The first kappa shape index (κ1) is 27.7. The number of halogens is 1. The first-order valence-electron chi connectivity index (χ1n) is 13.4. The number of carbonyl (C=O) groups is 1. The molecule has 0 aliphatic carbocycles. The van der Waals surface area contributed by atoms with Crippen molar-refractivity contribution in [3.05, 3.63) is 115 Å². The van der Waals surface area contributed by atoms with Crippen LogP contribution in [0.4, 0.5) is 5.82 Å². The zero-order valence-corrected chi connectivity index (χ0v) is 24.9. The van der Waals surface area contributed by atoms with Gasteiger partial charge < -0.3 is 4.90 Å². The van der Waals surface area contributed by atoms with Gasteiger partial charge in [0, 0.05) is 43.9 Å². The molecule has 2 aromatic heterocycles. The van der Waals surface area contributed by atoms with Crippen molar-refractivity contribution in [1.82, 2.24) is 19.2 Å². The van der Waals surface area contributed by atoms with Gasteiger partial charge in [-0.1, -0.05) is 90.2 Å². The van der Waals surface area contributed by atoms with E-state index in [1.807, 2.05) is 43.3 Å². The van der Waals surface area contributed by atoms with Gasteiger partial charge in [0.15, 0.2) is 0 Å². The molecule has 0 atom stereocenters. The minimum absolute atomic E-state index is 0.211. The standard InChI is InChI=1S/C31H28ClN5O2S2/c1-21-8-7-13-36-27(21)33-28(35-16-14-34(15-17-35)19-22-9-3-2-4-10-22)24(29(36)38)18-26-30(39)37(31(40)41-26)20-23-11-5-6-12-25(23)32/h2-13,18H,14-17,19-20H2,1H3/b26-18+. The Bertz CT molecular complexity index is 1730. The second-order valence-electron chi connectivity index (χ2n) is 10.1. The van der Waals surface area contributed by atoms with Gasteiger partial charge in [-0.05, 0) is 41.8 Å². The molecule has 1 amide bonds. The van der Waals surface area contributed by atoms with Crippen LogP contribution in [-0.2, 0) is 17.9 Å². The average molecular weight is 602 g/mol. The van der Waals surface area contributed by atoms with Crippen LogP contribution in [0.15, 0.2) is 82.6 Å². The summed E-state index contributed by atoms with van der Waals surface area (Å²) in [7, 11) is 0. The molecule has 41 heavy (non-hydrogen) atoms. The zero-order valence-electron chi connectivity index (χ0n) is 22.5. The number of benzene rings is 2. The molecule has 2 aliphatic rings. The summed E-state index contributed by atoms with van der Waals surface area (Å²) in [4.78, 5) is 38.9. The van der Waals surface area contributed by atoms with Gasteiger partial charge in [0.25, 0.3) is 11.5 Å². The minimum Gasteiger partial charge on any atom is -0.353 e. The molecule has 0 unspecified atom stereocenters. The van der Waals surface area contributed by atoms with Crippen molar-refractivity contribution in [3.8, 4) is 0 Å². The summed E-state index contributed by atoms with van der Waals surface area (Å²) in [6, 6.07) is 21.6. The van der Waals surface area contributed by atoms with Crippen molar-refractivity contribution in [1.29, 1.82) is 0 Å². The van der Waals surface area contributed by atoms with Gasteiger partial charge in [0.2, 0.25) is 0 Å². The molecule has 2 fully saturated rings. The molecule has 0 saturated carbocycles. The summed E-state index contributed by atoms with van der Waals surface area (Å²) in [5.41, 5.74) is 3.79. The average Bonchev–Trinajstić information content (AvgIpc) is 3.24. The van der Waals surface area contributed by atoms with Gasteiger partial charge in [-0.25, -0.2) is 4.98 Å². The van der Waals surface area contributed by atoms with E-state index in [1.165, 1.54) is 22.2 Å². The smallest absolute Gasteiger partial charge is 0.267 e. The number of nitrogens with zero attached hydrogens (tertiary/aromatic N) is 5. The van der Waals surface area contributed by atoms with E-state index < -0.39 is 0 Å². The summed E-state index contributed by atoms with van der Waals surface area (Å²) in [5.74, 6) is 0.354. The number of thioether (sulfide) groups is 1. The molecule has 0 spiro atoms. The van der Waals surface area contributed by atoms with Crippen LogP contribution in [0.25, 0.3) is 11.7 Å². The summed E-state index contributed by atoms with van der Waals surface area (Å²) >= 11 is 13.1. The fourth-order valence-corrected chi connectivity index (χ4v) is 6.62. The van der Waals surface area contributed by atoms with E-state index in [1.54, 1.807) is 22.7 Å². The number of carbonyl (C=O) groups excluding carboxylic acids is 1. The maximum atomic E-state index is 13.9. The van der Waals surface area contributed by atoms with Gasteiger partial charge in [-0.15, -0.1) is 0 Å². The van der Waals surface area contributed by atoms with Crippen LogP contribution < -0.4 is 10.5 Å². The summed E-state index contributed by atoms with van der Waals surface area (Å²) in [6.07, 6.45) is 3.39. The van der Waals surface area contributed by atoms with Crippen molar-refractivity contribution in [3.63, 3.8) is 0 Å². The molecule has 2 aliphatic heterocycles. The third kappa shape index (κ3) is 5.67. The van der Waals surface area contributed by atoms with E-state index in [0.717, 1.165) is 43.9 Å². The van der Waals surface area contributed by atoms with Crippen LogP contribution in [0.2, 0.25) is 5.02 Å². The molecule has 0 radical (unpaired) electrons. The highest BCUT2D eigenvalue weighted by molar-refractivity contribution is 8.26. The van der Waals surface area contributed by atoms with E-state index in [4.69, 9.17) is 28.8 Å². The van der Waals surface area contributed by atoms with Crippen LogP contribution in [-0.4, -0.2) is 55.6 Å². The Labute approximate surface area is 253 Å². The van der Waals surface area contributed by atoms with E-state index in [2.05, 4.69) is 34.1 Å². The Balaban J connectivity index is 1.33. The monoisotopic (exact) mass is 601 g/mol.